The highest BCUT2D eigenvalue weighted by atomic mass is 32.1. The molecule has 3 aromatic rings. The van der Waals surface area contributed by atoms with Crippen molar-refractivity contribution < 1.29 is 23.6 Å². The molecule has 0 aromatic heterocycles. The Balaban J connectivity index is 1.58. The lowest BCUT2D eigenvalue weighted by atomic mass is 10.2. The minimum Gasteiger partial charge on any atom is -0.490 e. The van der Waals surface area contributed by atoms with E-state index < -0.39 is 16.6 Å². The molecule has 3 aromatic carbocycles. The second-order valence-electron chi connectivity index (χ2n) is 6.34. The van der Waals surface area contributed by atoms with Crippen LogP contribution in [0, 0.1) is 15.9 Å². The number of carbonyl (C=O) groups excluding carboxylic acids is 1. The number of hydrogen-bond acceptors (Lipinski definition) is 6. The molecule has 0 radical (unpaired) electrons. The Labute approximate surface area is 188 Å². The van der Waals surface area contributed by atoms with Crippen LogP contribution in [0.5, 0.6) is 11.5 Å². The Bertz CT molecular complexity index is 1130. The maximum Gasteiger partial charge on any atom is 0.271 e. The van der Waals surface area contributed by atoms with Crippen LogP contribution in [-0.4, -0.2) is 29.2 Å². The molecule has 3 rings (SSSR count). The summed E-state index contributed by atoms with van der Waals surface area (Å²) in [5.41, 5.74) is -0.345. The van der Waals surface area contributed by atoms with Crippen LogP contribution in [0.3, 0.4) is 0 Å². The van der Waals surface area contributed by atoms with Crippen molar-refractivity contribution in [2.45, 2.75) is 0 Å². The number of nitrogens with zero attached hydrogens (tertiary/aromatic N) is 1. The van der Waals surface area contributed by atoms with E-state index in [9.17, 15) is 19.3 Å². The van der Waals surface area contributed by atoms with E-state index >= 15 is 0 Å². The standard InChI is InChI=1S/C22H18FN3O5S/c23-18-11-10-15(26(28)29)14-19(18)24-22(32)25-21(27)17-8-4-5-9-20(17)31-13-12-30-16-6-2-1-3-7-16/h1-11,14H,12-13H2,(H2,24,25,27,32). The smallest absolute Gasteiger partial charge is 0.271 e. The van der Waals surface area contributed by atoms with Crippen molar-refractivity contribution in [3.05, 3.63) is 94.3 Å². The van der Waals surface area contributed by atoms with Gasteiger partial charge in [0.1, 0.15) is 30.5 Å². The van der Waals surface area contributed by atoms with Crippen molar-refractivity contribution in [3.63, 3.8) is 0 Å². The van der Waals surface area contributed by atoms with Gasteiger partial charge in [0.25, 0.3) is 11.6 Å². The third-order valence-electron chi connectivity index (χ3n) is 4.12. The fraction of sp³-hybridized carbons (Fsp3) is 0.0909. The van der Waals surface area contributed by atoms with E-state index in [1.165, 1.54) is 0 Å². The maximum atomic E-state index is 13.9. The van der Waals surface area contributed by atoms with E-state index in [-0.39, 0.29) is 35.3 Å². The summed E-state index contributed by atoms with van der Waals surface area (Å²) in [4.78, 5) is 22.8. The van der Waals surface area contributed by atoms with Gasteiger partial charge in [0.2, 0.25) is 0 Å². The number of para-hydroxylation sites is 2. The van der Waals surface area contributed by atoms with Crippen LogP contribution in [0.1, 0.15) is 10.4 Å². The summed E-state index contributed by atoms with van der Waals surface area (Å²) >= 11 is 5.04. The fourth-order valence-electron chi connectivity index (χ4n) is 2.65. The summed E-state index contributed by atoms with van der Waals surface area (Å²) in [5.74, 6) is -0.333. The summed E-state index contributed by atoms with van der Waals surface area (Å²) in [6.45, 7) is 0.465. The first kappa shape index (κ1) is 22.6. The first-order valence-corrected chi connectivity index (χ1v) is 9.81. The summed E-state index contributed by atoms with van der Waals surface area (Å²) in [6, 6.07) is 18.7. The number of nitrogens with one attached hydrogen (secondary N) is 2. The Morgan fingerprint density at radius 3 is 2.44 bits per heavy atom. The summed E-state index contributed by atoms with van der Waals surface area (Å²) in [5, 5.41) is 15.5. The molecule has 0 fully saturated rings. The molecule has 0 aliphatic heterocycles. The van der Waals surface area contributed by atoms with Crippen LogP contribution < -0.4 is 20.1 Å². The minimum atomic E-state index is -0.755. The molecule has 1 amide bonds. The van der Waals surface area contributed by atoms with Gasteiger partial charge in [-0.05, 0) is 42.5 Å². The third-order valence-corrected chi connectivity index (χ3v) is 4.32. The van der Waals surface area contributed by atoms with Gasteiger partial charge in [0.05, 0.1) is 16.2 Å². The van der Waals surface area contributed by atoms with Crippen molar-refractivity contribution in [1.82, 2.24) is 5.32 Å². The topological polar surface area (TPSA) is 103 Å². The van der Waals surface area contributed by atoms with Gasteiger partial charge < -0.3 is 14.8 Å². The van der Waals surface area contributed by atoms with Gasteiger partial charge in [-0.1, -0.05) is 30.3 Å². The molecule has 0 bridgehead atoms. The summed E-state index contributed by atoms with van der Waals surface area (Å²) in [7, 11) is 0. The van der Waals surface area contributed by atoms with Crippen LogP contribution >= 0.6 is 12.2 Å². The van der Waals surface area contributed by atoms with Crippen molar-refractivity contribution in [2.24, 2.45) is 0 Å². The Morgan fingerprint density at radius 1 is 1.00 bits per heavy atom. The van der Waals surface area contributed by atoms with Crippen LogP contribution in [-0.2, 0) is 0 Å². The predicted molar refractivity (Wildman–Crippen MR) is 121 cm³/mol. The minimum absolute atomic E-state index is 0.195. The zero-order valence-corrected chi connectivity index (χ0v) is 17.4. The fourth-order valence-corrected chi connectivity index (χ4v) is 2.86. The van der Waals surface area contributed by atoms with E-state index in [4.69, 9.17) is 21.7 Å². The average molecular weight is 455 g/mol. The highest BCUT2D eigenvalue weighted by Gasteiger charge is 2.16. The van der Waals surface area contributed by atoms with E-state index in [0.717, 1.165) is 18.2 Å². The molecule has 2 N–H and O–H groups in total. The molecule has 32 heavy (non-hydrogen) atoms. The normalized spacial score (nSPS) is 10.2. The number of rotatable bonds is 8. The largest absolute Gasteiger partial charge is 0.490 e. The molecule has 164 valence electrons. The Kier molecular flexibility index (Phi) is 7.65. The van der Waals surface area contributed by atoms with Crippen molar-refractivity contribution >= 4 is 34.6 Å². The SMILES string of the molecule is O=C(NC(=S)Nc1cc([N+](=O)[O-])ccc1F)c1ccccc1OCCOc1ccccc1. The van der Waals surface area contributed by atoms with Crippen molar-refractivity contribution in [1.29, 1.82) is 0 Å². The molecule has 0 saturated carbocycles. The highest BCUT2D eigenvalue weighted by Crippen LogP contribution is 2.22. The number of non-ortho nitro benzene ring substituents is 1. The molecule has 0 unspecified atom stereocenters. The molecular formula is C22H18FN3O5S. The van der Waals surface area contributed by atoms with E-state index in [0.29, 0.717) is 11.5 Å². The number of benzene rings is 3. The average Bonchev–Trinajstić information content (AvgIpc) is 2.79. The number of ether oxygens (including phenoxy) is 2. The van der Waals surface area contributed by atoms with Gasteiger partial charge in [0, 0.05) is 12.1 Å². The van der Waals surface area contributed by atoms with Crippen LogP contribution in [0.2, 0.25) is 0 Å². The summed E-state index contributed by atoms with van der Waals surface area (Å²) < 4.78 is 25.1. The molecular weight excluding hydrogens is 437 g/mol. The number of halogens is 1. The molecule has 0 aliphatic carbocycles. The van der Waals surface area contributed by atoms with Gasteiger partial charge in [-0.2, -0.15) is 0 Å². The highest BCUT2D eigenvalue weighted by molar-refractivity contribution is 7.80. The lowest BCUT2D eigenvalue weighted by Crippen LogP contribution is -2.34. The quantitative estimate of drug-likeness (QED) is 0.226. The number of nitro benzene ring substituents is 1. The number of amides is 1. The number of anilines is 1. The molecule has 8 nitrogen and oxygen atoms in total. The monoisotopic (exact) mass is 455 g/mol. The van der Waals surface area contributed by atoms with E-state index in [2.05, 4.69) is 10.6 Å². The number of hydrogen-bond donors (Lipinski definition) is 2. The lowest BCUT2D eigenvalue weighted by molar-refractivity contribution is -0.384. The van der Waals surface area contributed by atoms with Crippen LogP contribution in [0.4, 0.5) is 15.8 Å². The Hall–Kier alpha value is -4.05. The van der Waals surface area contributed by atoms with E-state index in [1.54, 1.807) is 24.3 Å². The van der Waals surface area contributed by atoms with Gasteiger partial charge in [-0.25, -0.2) is 4.39 Å². The van der Waals surface area contributed by atoms with Crippen LogP contribution in [0.15, 0.2) is 72.8 Å². The summed E-state index contributed by atoms with van der Waals surface area (Å²) in [6.07, 6.45) is 0. The zero-order valence-electron chi connectivity index (χ0n) is 16.6. The van der Waals surface area contributed by atoms with E-state index in [1.807, 2.05) is 30.3 Å². The molecule has 0 saturated heterocycles. The number of nitro groups is 1. The third kappa shape index (κ3) is 6.22. The predicted octanol–water partition coefficient (Wildman–Crippen LogP) is 4.32. The van der Waals surface area contributed by atoms with Crippen LogP contribution in [0.25, 0.3) is 0 Å². The zero-order chi connectivity index (χ0) is 22.9. The van der Waals surface area contributed by atoms with Crippen molar-refractivity contribution in [2.75, 3.05) is 18.5 Å². The molecule has 0 aliphatic rings. The lowest BCUT2D eigenvalue weighted by Gasteiger charge is -2.13. The maximum absolute atomic E-state index is 13.9. The first-order valence-electron chi connectivity index (χ1n) is 9.40. The second kappa shape index (κ2) is 10.8. The molecule has 0 spiro atoms. The second-order valence-corrected chi connectivity index (χ2v) is 6.74. The molecule has 0 atom stereocenters. The van der Waals surface area contributed by atoms with Gasteiger partial charge in [-0.3, -0.25) is 20.2 Å². The van der Waals surface area contributed by atoms with Gasteiger partial charge in [0.15, 0.2) is 5.11 Å². The molecule has 10 heteroatoms. The number of thiocarbonyl (C=S) groups is 1. The molecule has 0 heterocycles. The Morgan fingerprint density at radius 2 is 1.69 bits per heavy atom. The van der Waals surface area contributed by atoms with Crippen molar-refractivity contribution in [3.8, 4) is 11.5 Å². The first-order chi connectivity index (χ1) is 15.4. The van der Waals surface area contributed by atoms with Gasteiger partial charge in [-0.15, -0.1) is 0 Å². The van der Waals surface area contributed by atoms with Gasteiger partial charge >= 0.3 is 0 Å². The number of carbonyl (C=O) groups is 1.